The molecule has 0 unspecified atom stereocenters. The summed E-state index contributed by atoms with van der Waals surface area (Å²) in [6, 6.07) is -2.25. The molecule has 0 aliphatic carbocycles. The molecule has 0 aromatic carbocycles. The number of carboxylic acids is 1. The first-order valence-electron chi connectivity index (χ1n) is 4.80. The van der Waals surface area contributed by atoms with Crippen molar-refractivity contribution in [2.24, 2.45) is 11.5 Å². The molecule has 0 spiro atoms. The Balaban J connectivity index is 3.99. The van der Waals surface area contributed by atoms with Crippen molar-refractivity contribution in [3.63, 3.8) is 0 Å². The lowest BCUT2D eigenvalue weighted by Gasteiger charge is -2.13. The summed E-state index contributed by atoms with van der Waals surface area (Å²) in [5, 5.41) is 12.9. The molecule has 0 saturated heterocycles. The molecule has 1 atom stereocenters. The largest absolute Gasteiger partial charge is 0.480 e. The van der Waals surface area contributed by atoms with Gasteiger partial charge in [-0.25, -0.2) is 14.4 Å². The van der Waals surface area contributed by atoms with E-state index in [1.807, 2.05) is 5.32 Å². The van der Waals surface area contributed by atoms with E-state index in [9.17, 15) is 19.2 Å². The topological polar surface area (TPSA) is 174 Å². The number of urea groups is 1. The maximum Gasteiger partial charge on any atom is 0.404 e. The second-order valence-corrected chi connectivity index (χ2v) is 3.13. The molecule has 0 radical (unpaired) electrons. The average molecular weight is 262 g/mol. The van der Waals surface area contributed by atoms with Gasteiger partial charge in [0.15, 0.2) is 0 Å². The van der Waals surface area contributed by atoms with Gasteiger partial charge in [0.1, 0.15) is 12.6 Å². The van der Waals surface area contributed by atoms with E-state index < -0.39 is 36.5 Å². The minimum Gasteiger partial charge on any atom is -0.480 e. The number of aliphatic carboxylic acids is 1. The molecule has 0 aromatic heterocycles. The molecule has 0 aromatic rings. The van der Waals surface area contributed by atoms with Crippen molar-refractivity contribution < 1.29 is 29.0 Å². The number of nitrogens with one attached hydrogen (secondary N) is 2. The lowest BCUT2D eigenvalue weighted by molar-refractivity contribution is -0.140. The molecule has 0 saturated carbocycles. The predicted octanol–water partition coefficient (Wildman–Crippen LogP) is -2.29. The Kier molecular flexibility index (Phi) is 6.63. The van der Waals surface area contributed by atoms with Crippen molar-refractivity contribution in [1.82, 2.24) is 10.6 Å². The third-order valence-electron chi connectivity index (χ3n) is 1.64. The van der Waals surface area contributed by atoms with Crippen LogP contribution in [-0.2, 0) is 14.3 Å². The summed E-state index contributed by atoms with van der Waals surface area (Å²) in [5.41, 5.74) is 9.48. The normalized spacial score (nSPS) is 11.1. The van der Waals surface area contributed by atoms with E-state index in [0.29, 0.717) is 0 Å². The third-order valence-corrected chi connectivity index (χ3v) is 1.64. The number of nitrogens with two attached hydrogens (primary N) is 2. The van der Waals surface area contributed by atoms with E-state index in [1.54, 1.807) is 0 Å². The van der Waals surface area contributed by atoms with Crippen molar-refractivity contribution in [2.45, 2.75) is 12.5 Å². The Morgan fingerprint density at radius 3 is 2.28 bits per heavy atom. The van der Waals surface area contributed by atoms with Crippen LogP contribution in [0.15, 0.2) is 0 Å². The van der Waals surface area contributed by atoms with Crippen LogP contribution in [0.2, 0.25) is 0 Å². The molecule has 4 amide bonds. The minimum atomic E-state index is -1.42. The average Bonchev–Trinajstić information content (AvgIpc) is 2.22. The molecule has 18 heavy (non-hydrogen) atoms. The number of hydrogen-bond acceptors (Lipinski definition) is 5. The van der Waals surface area contributed by atoms with E-state index in [0.717, 1.165) is 0 Å². The van der Waals surface area contributed by atoms with Crippen molar-refractivity contribution >= 4 is 24.0 Å². The highest BCUT2D eigenvalue weighted by Crippen LogP contribution is 1.91. The van der Waals surface area contributed by atoms with Crippen molar-refractivity contribution in [3.8, 4) is 0 Å². The Morgan fingerprint density at radius 2 is 1.83 bits per heavy atom. The quantitative estimate of drug-likeness (QED) is 0.323. The highest BCUT2D eigenvalue weighted by Gasteiger charge is 2.21. The number of ether oxygens (including phenoxy) is 1. The summed E-state index contributed by atoms with van der Waals surface area (Å²) in [4.78, 5) is 42.5. The first kappa shape index (κ1) is 15.5. The van der Waals surface area contributed by atoms with Crippen LogP contribution >= 0.6 is 0 Å². The van der Waals surface area contributed by atoms with Crippen molar-refractivity contribution in [3.05, 3.63) is 0 Å². The number of carbonyl (C=O) groups excluding carboxylic acids is 3. The predicted molar refractivity (Wildman–Crippen MR) is 57.3 cm³/mol. The van der Waals surface area contributed by atoms with Crippen LogP contribution in [0.3, 0.4) is 0 Å². The zero-order valence-corrected chi connectivity index (χ0v) is 9.34. The Labute approximate surface area is 102 Å². The monoisotopic (exact) mass is 262 g/mol. The highest BCUT2D eigenvalue weighted by atomic mass is 16.5. The van der Waals surface area contributed by atoms with Gasteiger partial charge in [-0.2, -0.15) is 0 Å². The van der Waals surface area contributed by atoms with Gasteiger partial charge < -0.3 is 31.9 Å². The van der Waals surface area contributed by atoms with E-state index in [4.69, 9.17) is 10.8 Å². The van der Waals surface area contributed by atoms with Gasteiger partial charge in [-0.3, -0.25) is 4.79 Å². The Hall–Kier alpha value is -2.52. The summed E-state index contributed by atoms with van der Waals surface area (Å²) in [6.07, 6.45) is -1.52. The number of primary amides is 2. The van der Waals surface area contributed by atoms with Crippen LogP contribution in [-0.4, -0.2) is 48.3 Å². The van der Waals surface area contributed by atoms with Gasteiger partial charge in [-0.05, 0) is 0 Å². The zero-order chi connectivity index (χ0) is 14.1. The molecule has 0 aliphatic heterocycles. The summed E-state index contributed by atoms with van der Waals surface area (Å²) in [5.74, 6) is -2.25. The van der Waals surface area contributed by atoms with Gasteiger partial charge in [-0.15, -0.1) is 0 Å². The molecule has 0 rings (SSSR count). The fraction of sp³-hybridized carbons (Fsp3) is 0.500. The molecule has 7 N–H and O–H groups in total. The van der Waals surface area contributed by atoms with Crippen molar-refractivity contribution in [1.29, 1.82) is 0 Å². The van der Waals surface area contributed by atoms with Gasteiger partial charge in [0.25, 0.3) is 0 Å². The molecule has 0 fully saturated rings. The second-order valence-electron chi connectivity index (χ2n) is 3.13. The van der Waals surface area contributed by atoms with Crippen molar-refractivity contribution in [2.75, 3.05) is 13.2 Å². The molecule has 0 heterocycles. The molecular weight excluding hydrogens is 248 g/mol. The first-order valence-corrected chi connectivity index (χ1v) is 4.80. The lowest BCUT2D eigenvalue weighted by Crippen LogP contribution is -2.48. The van der Waals surface area contributed by atoms with Gasteiger partial charge in [0, 0.05) is 0 Å². The third kappa shape index (κ3) is 7.73. The molecule has 10 heteroatoms. The smallest absolute Gasteiger partial charge is 0.404 e. The van der Waals surface area contributed by atoms with Crippen LogP contribution < -0.4 is 22.1 Å². The Bertz CT molecular complexity index is 344. The summed E-state index contributed by atoms with van der Waals surface area (Å²) >= 11 is 0. The number of carboxylic acid groups (broad SMARTS) is 1. The van der Waals surface area contributed by atoms with Gasteiger partial charge in [0.05, 0.1) is 13.0 Å². The van der Waals surface area contributed by atoms with E-state index in [2.05, 4.69) is 15.8 Å². The molecule has 0 aliphatic rings. The van der Waals surface area contributed by atoms with Gasteiger partial charge in [-0.1, -0.05) is 0 Å². The zero-order valence-electron chi connectivity index (χ0n) is 9.34. The summed E-state index contributed by atoms with van der Waals surface area (Å²) < 4.78 is 4.32. The van der Waals surface area contributed by atoms with E-state index in [1.165, 1.54) is 0 Å². The lowest BCUT2D eigenvalue weighted by atomic mass is 10.2. The fourth-order valence-electron chi connectivity index (χ4n) is 0.927. The summed E-state index contributed by atoms with van der Waals surface area (Å²) in [7, 11) is 0. The molecular formula is C8H14N4O6. The number of amides is 4. The van der Waals surface area contributed by atoms with Gasteiger partial charge in [0.2, 0.25) is 5.91 Å². The molecule has 10 nitrogen and oxygen atoms in total. The highest BCUT2D eigenvalue weighted by molar-refractivity contribution is 5.87. The maximum absolute atomic E-state index is 11.2. The number of rotatable bonds is 7. The second kappa shape index (κ2) is 7.70. The fourth-order valence-corrected chi connectivity index (χ4v) is 0.927. The first-order chi connectivity index (χ1) is 8.32. The van der Waals surface area contributed by atoms with Crippen LogP contribution in [0.25, 0.3) is 0 Å². The Morgan fingerprint density at radius 1 is 1.22 bits per heavy atom. The van der Waals surface area contributed by atoms with Crippen LogP contribution in [0.5, 0.6) is 0 Å². The van der Waals surface area contributed by atoms with E-state index in [-0.39, 0.29) is 13.2 Å². The molecule has 102 valence electrons. The minimum absolute atomic E-state index is 0.0579. The SMILES string of the molecule is NC(=O)C[C@@H](NC(=O)NCCOC(N)=O)C(=O)O. The van der Waals surface area contributed by atoms with Gasteiger partial charge >= 0.3 is 18.1 Å². The standard InChI is InChI=1S/C8H14N4O6/c9-5(13)3-4(6(14)15)12-8(17)11-1-2-18-7(10)16/h4H,1-3H2,(H2,9,13)(H2,10,16)(H,14,15)(H2,11,12,17)/t4-/m1/s1. The maximum atomic E-state index is 11.2. The van der Waals surface area contributed by atoms with Crippen LogP contribution in [0, 0.1) is 0 Å². The van der Waals surface area contributed by atoms with E-state index >= 15 is 0 Å². The number of hydrogen-bond donors (Lipinski definition) is 5. The molecule has 0 bridgehead atoms. The summed E-state index contributed by atoms with van der Waals surface area (Å²) in [6.45, 7) is -0.214. The number of carbonyl (C=O) groups is 4. The van der Waals surface area contributed by atoms with Crippen LogP contribution in [0.1, 0.15) is 6.42 Å². The van der Waals surface area contributed by atoms with Crippen LogP contribution in [0.4, 0.5) is 9.59 Å².